The summed E-state index contributed by atoms with van der Waals surface area (Å²) < 4.78 is 0. The predicted octanol–water partition coefficient (Wildman–Crippen LogP) is 3.69. The van der Waals surface area contributed by atoms with Gasteiger partial charge in [-0.2, -0.15) is 0 Å². The van der Waals surface area contributed by atoms with Crippen molar-refractivity contribution in [3.05, 3.63) is 59.1 Å². The summed E-state index contributed by atoms with van der Waals surface area (Å²) in [5.74, 6) is -0.257. The first-order valence-electron chi connectivity index (χ1n) is 6.35. The minimum atomic E-state index is -0.257. The Balaban J connectivity index is 1.84. The molecule has 0 spiro atoms. The quantitative estimate of drug-likeness (QED) is 0.447. The molecule has 0 bridgehead atoms. The second-order valence-electron chi connectivity index (χ2n) is 4.27. The number of hydrogen-bond acceptors (Lipinski definition) is 3. The first-order chi connectivity index (χ1) is 10.6. The summed E-state index contributed by atoms with van der Waals surface area (Å²) >= 11 is 12.5. The zero-order valence-corrected chi connectivity index (χ0v) is 14.1. The molecule has 0 aliphatic carbocycles. The van der Waals surface area contributed by atoms with Crippen LogP contribution in [0.3, 0.4) is 0 Å². The zero-order chi connectivity index (χ0) is 15.9. The maximum atomic E-state index is 12.0. The summed E-state index contributed by atoms with van der Waals surface area (Å²) in [5, 5.41) is 3.87. The van der Waals surface area contributed by atoms with Crippen LogP contribution in [0.15, 0.2) is 53.4 Å². The van der Waals surface area contributed by atoms with E-state index in [1.165, 1.54) is 0 Å². The van der Waals surface area contributed by atoms with Crippen molar-refractivity contribution in [2.24, 2.45) is 0 Å². The number of carbonyl (C=O) groups excluding carboxylic acids is 1. The lowest BCUT2D eigenvalue weighted by Gasteiger charge is -2.11. The van der Waals surface area contributed by atoms with Gasteiger partial charge in [0, 0.05) is 21.2 Å². The van der Waals surface area contributed by atoms with Gasteiger partial charge in [0.15, 0.2) is 5.11 Å². The molecule has 0 aliphatic heterocycles. The molecule has 0 unspecified atom stereocenters. The summed E-state index contributed by atoms with van der Waals surface area (Å²) in [6.07, 6.45) is 1.98. The van der Waals surface area contributed by atoms with Gasteiger partial charge in [-0.25, -0.2) is 0 Å². The van der Waals surface area contributed by atoms with Crippen LogP contribution in [0.4, 0.5) is 5.69 Å². The highest BCUT2D eigenvalue weighted by molar-refractivity contribution is 7.98. The van der Waals surface area contributed by atoms with Gasteiger partial charge in [0.1, 0.15) is 0 Å². The largest absolute Gasteiger partial charge is 0.331 e. The lowest BCUT2D eigenvalue weighted by atomic mass is 10.2. The van der Waals surface area contributed by atoms with Crippen LogP contribution in [0.2, 0.25) is 5.02 Å². The SMILES string of the molecule is CSc1ccc(C(=O)NNC(=S)Nc2ccc(Cl)cc2)cc1. The van der Waals surface area contributed by atoms with Crippen molar-refractivity contribution in [2.45, 2.75) is 4.90 Å². The number of benzene rings is 2. The second kappa shape index (κ2) is 8.03. The fourth-order valence-corrected chi connectivity index (χ4v) is 2.33. The van der Waals surface area contributed by atoms with E-state index in [1.54, 1.807) is 48.2 Å². The van der Waals surface area contributed by atoms with E-state index >= 15 is 0 Å². The number of amides is 1. The molecule has 0 saturated carbocycles. The van der Waals surface area contributed by atoms with Crippen molar-refractivity contribution in [3.63, 3.8) is 0 Å². The monoisotopic (exact) mass is 351 g/mol. The molecule has 22 heavy (non-hydrogen) atoms. The number of hydrogen-bond donors (Lipinski definition) is 3. The molecule has 0 fully saturated rings. The Kier molecular flexibility index (Phi) is 6.06. The van der Waals surface area contributed by atoms with Crippen LogP contribution in [0, 0.1) is 0 Å². The minimum Gasteiger partial charge on any atom is -0.331 e. The number of thiocarbonyl (C=S) groups is 1. The number of nitrogens with one attached hydrogen (secondary N) is 3. The summed E-state index contributed by atoms with van der Waals surface area (Å²) in [7, 11) is 0. The number of carbonyl (C=O) groups is 1. The van der Waals surface area contributed by atoms with E-state index in [9.17, 15) is 4.79 Å². The van der Waals surface area contributed by atoms with Gasteiger partial charge in [-0.1, -0.05) is 11.6 Å². The molecule has 0 atom stereocenters. The van der Waals surface area contributed by atoms with Gasteiger partial charge in [0.25, 0.3) is 5.91 Å². The third-order valence-corrected chi connectivity index (χ3v) is 3.94. The molecule has 2 aromatic carbocycles. The van der Waals surface area contributed by atoms with Crippen LogP contribution in [-0.4, -0.2) is 17.3 Å². The van der Waals surface area contributed by atoms with Gasteiger partial charge in [-0.05, 0) is 67.0 Å². The number of anilines is 1. The number of hydrazine groups is 1. The Hall–Kier alpha value is -1.76. The third-order valence-electron chi connectivity index (χ3n) is 2.74. The highest BCUT2D eigenvalue weighted by Crippen LogP contribution is 2.15. The van der Waals surface area contributed by atoms with E-state index in [0.29, 0.717) is 10.6 Å². The molecule has 0 radical (unpaired) electrons. The Bertz CT molecular complexity index is 659. The molecule has 1 amide bonds. The first-order valence-corrected chi connectivity index (χ1v) is 8.36. The average Bonchev–Trinajstić information content (AvgIpc) is 2.55. The summed E-state index contributed by atoms with van der Waals surface area (Å²) in [6, 6.07) is 14.4. The molecule has 7 heteroatoms. The topological polar surface area (TPSA) is 53.2 Å². The molecule has 0 heterocycles. The molecule has 114 valence electrons. The van der Waals surface area contributed by atoms with Crippen LogP contribution in [-0.2, 0) is 0 Å². The van der Waals surface area contributed by atoms with Gasteiger partial charge < -0.3 is 5.32 Å². The van der Waals surface area contributed by atoms with Crippen LogP contribution in [0.1, 0.15) is 10.4 Å². The van der Waals surface area contributed by atoms with Crippen LogP contribution >= 0.6 is 35.6 Å². The maximum Gasteiger partial charge on any atom is 0.269 e. The third kappa shape index (κ3) is 4.91. The Morgan fingerprint density at radius 2 is 1.68 bits per heavy atom. The highest BCUT2D eigenvalue weighted by atomic mass is 35.5. The second-order valence-corrected chi connectivity index (χ2v) is 5.99. The minimum absolute atomic E-state index is 0.257. The zero-order valence-electron chi connectivity index (χ0n) is 11.7. The summed E-state index contributed by atoms with van der Waals surface area (Å²) in [5.41, 5.74) is 6.53. The highest BCUT2D eigenvalue weighted by Gasteiger charge is 2.05. The number of rotatable bonds is 3. The molecule has 0 aliphatic rings. The van der Waals surface area contributed by atoms with Crippen molar-refractivity contribution < 1.29 is 4.79 Å². The summed E-state index contributed by atoms with van der Waals surface area (Å²) in [4.78, 5) is 13.1. The fourth-order valence-electron chi connectivity index (χ4n) is 1.62. The normalized spacial score (nSPS) is 9.91. The molecule has 0 aromatic heterocycles. The Morgan fingerprint density at radius 1 is 1.05 bits per heavy atom. The van der Waals surface area contributed by atoms with Gasteiger partial charge in [-0.3, -0.25) is 15.6 Å². The molecule has 2 aromatic rings. The Morgan fingerprint density at radius 3 is 2.27 bits per heavy atom. The Labute approximate surface area is 143 Å². The number of thioether (sulfide) groups is 1. The van der Waals surface area contributed by atoms with Crippen LogP contribution < -0.4 is 16.2 Å². The molecule has 0 saturated heterocycles. The van der Waals surface area contributed by atoms with Crippen molar-refractivity contribution >= 4 is 52.3 Å². The van der Waals surface area contributed by atoms with Crippen molar-refractivity contribution in [1.82, 2.24) is 10.9 Å². The van der Waals surface area contributed by atoms with Crippen molar-refractivity contribution in [3.8, 4) is 0 Å². The van der Waals surface area contributed by atoms with E-state index in [1.807, 2.05) is 18.4 Å². The predicted molar refractivity (Wildman–Crippen MR) is 96.5 cm³/mol. The van der Waals surface area contributed by atoms with Gasteiger partial charge >= 0.3 is 0 Å². The molecule has 4 nitrogen and oxygen atoms in total. The van der Waals surface area contributed by atoms with Gasteiger partial charge in [0.05, 0.1) is 0 Å². The van der Waals surface area contributed by atoms with Gasteiger partial charge in [0.2, 0.25) is 0 Å². The standard InChI is InChI=1S/C15H14ClN3OS2/c1-22-13-8-2-10(3-9-13)14(20)18-19-15(21)17-12-6-4-11(16)5-7-12/h2-9H,1H3,(H,18,20)(H2,17,19,21). The van der Waals surface area contributed by atoms with Crippen LogP contribution in [0.5, 0.6) is 0 Å². The molecular weight excluding hydrogens is 338 g/mol. The lowest BCUT2D eigenvalue weighted by Crippen LogP contribution is -2.43. The summed E-state index contributed by atoms with van der Waals surface area (Å²) in [6.45, 7) is 0. The van der Waals surface area contributed by atoms with E-state index in [-0.39, 0.29) is 11.0 Å². The fraction of sp³-hybridized carbons (Fsp3) is 0.0667. The maximum absolute atomic E-state index is 12.0. The van der Waals surface area contributed by atoms with Crippen molar-refractivity contribution in [1.29, 1.82) is 0 Å². The van der Waals surface area contributed by atoms with E-state index in [4.69, 9.17) is 23.8 Å². The lowest BCUT2D eigenvalue weighted by molar-refractivity contribution is 0.0944. The first kappa shape index (κ1) is 16.6. The number of halogens is 1. The van der Waals surface area contributed by atoms with Crippen molar-refractivity contribution in [2.75, 3.05) is 11.6 Å². The van der Waals surface area contributed by atoms with E-state index in [0.717, 1.165) is 10.6 Å². The van der Waals surface area contributed by atoms with Gasteiger partial charge in [-0.15, -0.1) is 11.8 Å². The van der Waals surface area contributed by atoms with E-state index < -0.39 is 0 Å². The molecule has 2 rings (SSSR count). The van der Waals surface area contributed by atoms with Crippen LogP contribution in [0.25, 0.3) is 0 Å². The molecule has 3 N–H and O–H groups in total. The molecular formula is C15H14ClN3OS2. The van der Waals surface area contributed by atoms with E-state index in [2.05, 4.69) is 16.2 Å². The smallest absolute Gasteiger partial charge is 0.269 e. The average molecular weight is 352 g/mol.